The summed E-state index contributed by atoms with van der Waals surface area (Å²) in [7, 11) is 0. The van der Waals surface area contributed by atoms with Crippen LogP contribution < -0.4 is 0 Å². The smallest absolute Gasteiger partial charge is 0.302 e. The lowest BCUT2D eigenvalue weighted by molar-refractivity contribution is -0.141. The van der Waals surface area contributed by atoms with E-state index in [-0.39, 0.29) is 11.9 Å². The normalized spacial score (nSPS) is 30.4. The third-order valence-electron chi connectivity index (χ3n) is 5.72. The maximum atomic E-state index is 11.2. The van der Waals surface area contributed by atoms with E-state index < -0.39 is 0 Å². The number of ether oxygens (including phenoxy) is 2. The van der Waals surface area contributed by atoms with Crippen molar-refractivity contribution in [1.82, 2.24) is 0 Å². The number of hydrogen-bond donors (Lipinski definition) is 0. The molecule has 1 aromatic rings. The van der Waals surface area contributed by atoms with Crippen molar-refractivity contribution in [2.24, 2.45) is 23.7 Å². The largest absolute Gasteiger partial charge is 0.461 e. The number of allylic oxidation sites excluding steroid dienone is 1. The van der Waals surface area contributed by atoms with Gasteiger partial charge >= 0.3 is 11.9 Å². The second-order valence-corrected chi connectivity index (χ2v) is 7.17. The molecule has 2 saturated carbocycles. The van der Waals surface area contributed by atoms with Gasteiger partial charge in [-0.05, 0) is 46.8 Å². The molecule has 3 aliphatic rings. The SMILES string of the molecule is CC(=O)OCC1=C(COC(C)=O)[C@@H]2C[C@H]1[C@H]1C(=Cc3ccccc3)[C@H]12. The Bertz CT molecular complexity index is 732. The van der Waals surface area contributed by atoms with Crippen LogP contribution in [-0.2, 0) is 19.1 Å². The number of carbonyl (C=O) groups excluding carboxylic acids is 2. The number of rotatable bonds is 5. The fraction of sp³-hybridized carbons (Fsp3) is 0.429. The van der Waals surface area contributed by atoms with Crippen molar-refractivity contribution in [3.8, 4) is 0 Å². The van der Waals surface area contributed by atoms with Gasteiger partial charge in [-0.1, -0.05) is 42.0 Å². The molecule has 0 aromatic heterocycles. The monoisotopic (exact) mass is 338 g/mol. The van der Waals surface area contributed by atoms with E-state index in [2.05, 4.69) is 30.3 Å². The second kappa shape index (κ2) is 6.17. The van der Waals surface area contributed by atoms with Crippen LogP contribution in [0, 0.1) is 23.7 Å². The van der Waals surface area contributed by atoms with Crippen molar-refractivity contribution < 1.29 is 19.1 Å². The van der Waals surface area contributed by atoms with Crippen molar-refractivity contribution in [2.45, 2.75) is 20.3 Å². The van der Waals surface area contributed by atoms with Crippen LogP contribution in [0.15, 0.2) is 47.1 Å². The molecule has 3 aliphatic carbocycles. The third-order valence-corrected chi connectivity index (χ3v) is 5.72. The van der Waals surface area contributed by atoms with Gasteiger partial charge in [-0.3, -0.25) is 9.59 Å². The van der Waals surface area contributed by atoms with Crippen LogP contribution in [0.4, 0.5) is 0 Å². The van der Waals surface area contributed by atoms with E-state index in [4.69, 9.17) is 9.47 Å². The summed E-state index contributed by atoms with van der Waals surface area (Å²) < 4.78 is 10.6. The zero-order valence-corrected chi connectivity index (χ0v) is 14.5. The summed E-state index contributed by atoms with van der Waals surface area (Å²) in [4.78, 5) is 22.5. The lowest BCUT2D eigenvalue weighted by Gasteiger charge is -2.18. The Morgan fingerprint density at radius 3 is 1.96 bits per heavy atom. The molecule has 0 unspecified atom stereocenters. The Labute approximate surface area is 147 Å². The molecular weight excluding hydrogens is 316 g/mol. The summed E-state index contributed by atoms with van der Waals surface area (Å²) in [6, 6.07) is 10.4. The highest BCUT2D eigenvalue weighted by Gasteiger charge is 2.64. The van der Waals surface area contributed by atoms with Gasteiger partial charge < -0.3 is 9.47 Å². The molecule has 0 radical (unpaired) electrons. The molecule has 4 atom stereocenters. The average molecular weight is 338 g/mol. The Hall–Kier alpha value is -2.36. The van der Waals surface area contributed by atoms with Gasteiger partial charge in [0, 0.05) is 13.8 Å². The quantitative estimate of drug-likeness (QED) is 0.610. The predicted molar refractivity (Wildman–Crippen MR) is 93.3 cm³/mol. The van der Waals surface area contributed by atoms with Gasteiger partial charge in [0.2, 0.25) is 0 Å². The van der Waals surface area contributed by atoms with Crippen LogP contribution in [0.2, 0.25) is 0 Å². The Balaban J connectivity index is 1.56. The van der Waals surface area contributed by atoms with E-state index in [1.807, 2.05) is 6.07 Å². The van der Waals surface area contributed by atoms with Crippen molar-refractivity contribution >= 4 is 18.0 Å². The predicted octanol–water partition coefficient (Wildman–Crippen LogP) is 3.39. The van der Waals surface area contributed by atoms with Gasteiger partial charge in [0.25, 0.3) is 0 Å². The van der Waals surface area contributed by atoms with Crippen molar-refractivity contribution in [3.05, 3.63) is 52.6 Å². The van der Waals surface area contributed by atoms with Crippen LogP contribution in [0.25, 0.3) is 6.08 Å². The summed E-state index contributed by atoms with van der Waals surface area (Å²) in [5.74, 6) is 1.45. The van der Waals surface area contributed by atoms with Crippen molar-refractivity contribution in [1.29, 1.82) is 0 Å². The molecule has 0 spiro atoms. The van der Waals surface area contributed by atoms with Crippen LogP contribution in [0.1, 0.15) is 25.8 Å². The first-order valence-electron chi connectivity index (χ1n) is 8.81. The summed E-state index contributed by atoms with van der Waals surface area (Å²) in [5.41, 5.74) is 5.08. The zero-order chi connectivity index (χ0) is 17.6. The molecule has 4 heteroatoms. The molecule has 0 heterocycles. The van der Waals surface area contributed by atoms with E-state index in [0.717, 1.165) is 6.42 Å². The van der Waals surface area contributed by atoms with Gasteiger partial charge in [-0.25, -0.2) is 0 Å². The van der Waals surface area contributed by atoms with Gasteiger partial charge in [-0.15, -0.1) is 0 Å². The average Bonchev–Trinajstić information content (AvgIpc) is 2.99. The van der Waals surface area contributed by atoms with Crippen LogP contribution >= 0.6 is 0 Å². The Morgan fingerprint density at radius 1 is 0.960 bits per heavy atom. The molecule has 4 nitrogen and oxygen atoms in total. The summed E-state index contributed by atoms with van der Waals surface area (Å²) in [5, 5.41) is 0. The minimum absolute atomic E-state index is 0.269. The fourth-order valence-electron chi connectivity index (χ4n) is 4.74. The van der Waals surface area contributed by atoms with Crippen LogP contribution in [0.3, 0.4) is 0 Å². The van der Waals surface area contributed by atoms with E-state index in [0.29, 0.717) is 36.9 Å². The molecule has 0 saturated heterocycles. The van der Waals surface area contributed by atoms with Crippen LogP contribution in [0.5, 0.6) is 0 Å². The summed E-state index contributed by atoms with van der Waals surface area (Å²) in [6.45, 7) is 3.52. The summed E-state index contributed by atoms with van der Waals surface area (Å²) >= 11 is 0. The van der Waals surface area contributed by atoms with Gasteiger partial charge in [0.1, 0.15) is 13.2 Å². The fourth-order valence-corrected chi connectivity index (χ4v) is 4.74. The van der Waals surface area contributed by atoms with E-state index in [1.54, 1.807) is 0 Å². The van der Waals surface area contributed by atoms with Crippen molar-refractivity contribution in [3.63, 3.8) is 0 Å². The highest BCUT2D eigenvalue weighted by molar-refractivity contribution is 5.68. The van der Waals surface area contributed by atoms with Gasteiger partial charge in [0.15, 0.2) is 0 Å². The van der Waals surface area contributed by atoms with Gasteiger partial charge in [0.05, 0.1) is 0 Å². The maximum Gasteiger partial charge on any atom is 0.302 e. The number of hydrogen-bond acceptors (Lipinski definition) is 4. The number of benzene rings is 1. The molecule has 0 N–H and O–H groups in total. The first kappa shape index (κ1) is 16.1. The van der Waals surface area contributed by atoms with Crippen molar-refractivity contribution in [2.75, 3.05) is 13.2 Å². The molecule has 2 bridgehead atoms. The molecule has 1 aromatic carbocycles. The standard InChI is InChI=1S/C21H22O4/c1-12(22)24-10-18-15-9-16(19(18)11-25-13(2)23)21-17(20(15)21)8-14-6-4-3-5-7-14/h3-8,15-16,20-21H,9-11H2,1-2H3/t15-,16+,20+,21-. The number of fused-ring (bicyclic) bond motifs is 5. The molecule has 130 valence electrons. The lowest BCUT2D eigenvalue weighted by Crippen LogP contribution is -2.17. The summed E-state index contributed by atoms with van der Waals surface area (Å²) in [6.07, 6.45) is 3.39. The minimum atomic E-state index is -0.269. The van der Waals surface area contributed by atoms with E-state index >= 15 is 0 Å². The minimum Gasteiger partial charge on any atom is -0.461 e. The lowest BCUT2D eigenvalue weighted by atomic mass is 9.92. The molecule has 0 aliphatic heterocycles. The number of esters is 2. The topological polar surface area (TPSA) is 52.6 Å². The maximum absolute atomic E-state index is 11.2. The molecular formula is C21H22O4. The third kappa shape index (κ3) is 2.90. The van der Waals surface area contributed by atoms with Crippen LogP contribution in [-0.4, -0.2) is 25.2 Å². The highest BCUT2D eigenvalue weighted by atomic mass is 16.5. The first-order valence-corrected chi connectivity index (χ1v) is 8.81. The number of carbonyl (C=O) groups is 2. The van der Waals surface area contributed by atoms with E-state index in [9.17, 15) is 9.59 Å². The Kier molecular flexibility index (Phi) is 3.98. The highest BCUT2D eigenvalue weighted by Crippen LogP contribution is 2.71. The van der Waals surface area contributed by atoms with E-state index in [1.165, 1.54) is 36.1 Å². The molecule has 0 amide bonds. The molecule has 2 fully saturated rings. The molecule has 25 heavy (non-hydrogen) atoms. The Morgan fingerprint density at radius 2 is 1.48 bits per heavy atom. The zero-order valence-electron chi connectivity index (χ0n) is 14.5. The van der Waals surface area contributed by atoms with Gasteiger partial charge in [-0.2, -0.15) is 0 Å². The molecule has 4 rings (SSSR count). The second-order valence-electron chi connectivity index (χ2n) is 7.17. The first-order chi connectivity index (χ1) is 12.1.